The average molecular weight is 286 g/mol. The third kappa shape index (κ3) is 4.10. The largest absolute Gasteiger partial charge is 0.325 e. The molecule has 0 aliphatic carbocycles. The number of thioether (sulfide) groups is 1. The van der Waals surface area contributed by atoms with Crippen molar-refractivity contribution >= 4 is 23.4 Å². The molecule has 20 heavy (non-hydrogen) atoms. The lowest BCUT2D eigenvalue weighted by molar-refractivity contribution is -0.115. The number of aryl methyl sites for hydroxylation is 1. The summed E-state index contributed by atoms with van der Waals surface area (Å²) in [5.74, 6) is -0.00935. The van der Waals surface area contributed by atoms with Gasteiger partial charge in [-0.2, -0.15) is 0 Å². The van der Waals surface area contributed by atoms with Gasteiger partial charge in [0.05, 0.1) is 10.3 Å². The number of hydrogen-bond acceptors (Lipinski definition) is 3. The molecule has 0 aliphatic rings. The lowest BCUT2D eigenvalue weighted by Gasteiger charge is -2.11. The van der Waals surface area contributed by atoms with Crippen LogP contribution < -0.4 is 5.32 Å². The molecule has 0 fully saturated rings. The van der Waals surface area contributed by atoms with Gasteiger partial charge in [0.15, 0.2) is 0 Å². The normalized spacial score (nSPS) is 11.9. The maximum Gasteiger partial charge on any atom is 0.237 e. The Morgan fingerprint density at radius 2 is 2.00 bits per heavy atom. The number of pyridine rings is 1. The van der Waals surface area contributed by atoms with E-state index in [4.69, 9.17) is 0 Å². The van der Waals surface area contributed by atoms with Crippen LogP contribution in [0, 0.1) is 0 Å². The Balaban J connectivity index is 1.93. The van der Waals surface area contributed by atoms with E-state index in [9.17, 15) is 4.79 Å². The minimum absolute atomic E-state index is 0.00935. The van der Waals surface area contributed by atoms with Gasteiger partial charge in [0, 0.05) is 11.9 Å². The van der Waals surface area contributed by atoms with Crippen LogP contribution in [0.3, 0.4) is 0 Å². The monoisotopic (exact) mass is 286 g/mol. The van der Waals surface area contributed by atoms with Crippen molar-refractivity contribution in [1.82, 2.24) is 4.98 Å². The van der Waals surface area contributed by atoms with Gasteiger partial charge in [-0.15, -0.1) is 0 Å². The highest BCUT2D eigenvalue weighted by atomic mass is 32.2. The highest BCUT2D eigenvalue weighted by Gasteiger charge is 2.14. The molecule has 1 amide bonds. The van der Waals surface area contributed by atoms with Crippen LogP contribution in [-0.2, 0) is 11.2 Å². The minimum atomic E-state index is -0.184. The molecular weight excluding hydrogens is 268 g/mol. The molecular formula is C16H18N2OS. The summed E-state index contributed by atoms with van der Waals surface area (Å²) in [6.07, 6.45) is 2.73. The van der Waals surface area contributed by atoms with E-state index in [1.54, 1.807) is 6.20 Å². The summed E-state index contributed by atoms with van der Waals surface area (Å²) >= 11 is 1.46. The number of aromatic nitrogens is 1. The molecule has 0 saturated carbocycles. The van der Waals surface area contributed by atoms with E-state index in [0.29, 0.717) is 0 Å². The first-order chi connectivity index (χ1) is 9.69. The van der Waals surface area contributed by atoms with Crippen molar-refractivity contribution in [3.05, 3.63) is 54.2 Å². The van der Waals surface area contributed by atoms with Crippen LogP contribution in [0.4, 0.5) is 5.69 Å². The van der Waals surface area contributed by atoms with Crippen molar-refractivity contribution < 1.29 is 4.79 Å². The number of nitrogens with zero attached hydrogens (tertiary/aromatic N) is 1. The number of amides is 1. The van der Waals surface area contributed by atoms with Crippen molar-refractivity contribution in [2.24, 2.45) is 0 Å². The Kier molecular flexibility index (Phi) is 5.18. The number of hydrogen-bond donors (Lipinski definition) is 1. The van der Waals surface area contributed by atoms with Gasteiger partial charge in [0.2, 0.25) is 5.91 Å². The summed E-state index contributed by atoms with van der Waals surface area (Å²) in [7, 11) is 0. The van der Waals surface area contributed by atoms with Crippen LogP contribution in [0.2, 0.25) is 0 Å². The number of anilines is 1. The van der Waals surface area contributed by atoms with Crippen LogP contribution in [0.5, 0.6) is 0 Å². The van der Waals surface area contributed by atoms with Gasteiger partial charge in [-0.05, 0) is 43.2 Å². The van der Waals surface area contributed by atoms with Gasteiger partial charge in [0.1, 0.15) is 0 Å². The Labute approximate surface area is 123 Å². The molecule has 0 spiro atoms. The summed E-state index contributed by atoms with van der Waals surface area (Å²) < 4.78 is 0. The zero-order valence-corrected chi connectivity index (χ0v) is 12.5. The third-order valence-electron chi connectivity index (χ3n) is 2.93. The second-order valence-corrected chi connectivity index (χ2v) is 5.83. The molecule has 1 N–H and O–H groups in total. The number of carbonyl (C=O) groups excluding carboxylic acids is 1. The second kappa shape index (κ2) is 7.10. The van der Waals surface area contributed by atoms with Gasteiger partial charge in [-0.25, -0.2) is 4.98 Å². The molecule has 1 aromatic carbocycles. The number of carbonyl (C=O) groups is 1. The molecule has 4 heteroatoms. The fraction of sp³-hybridized carbons (Fsp3) is 0.250. The molecule has 0 bridgehead atoms. The molecule has 0 radical (unpaired) electrons. The number of rotatable bonds is 5. The highest BCUT2D eigenvalue weighted by molar-refractivity contribution is 8.00. The van der Waals surface area contributed by atoms with E-state index in [0.717, 1.165) is 17.1 Å². The van der Waals surface area contributed by atoms with Crippen molar-refractivity contribution in [2.45, 2.75) is 30.5 Å². The first-order valence-electron chi connectivity index (χ1n) is 6.66. The minimum Gasteiger partial charge on any atom is -0.325 e. The van der Waals surface area contributed by atoms with E-state index in [-0.39, 0.29) is 11.2 Å². The SMILES string of the molecule is CCc1ccc(NC(=O)[C@@H](C)Sc2ccccn2)cc1. The van der Waals surface area contributed by atoms with Crippen molar-refractivity contribution in [1.29, 1.82) is 0 Å². The maximum absolute atomic E-state index is 12.1. The second-order valence-electron chi connectivity index (χ2n) is 4.47. The smallest absolute Gasteiger partial charge is 0.237 e. The third-order valence-corrected chi connectivity index (χ3v) is 3.98. The van der Waals surface area contributed by atoms with Crippen LogP contribution in [0.15, 0.2) is 53.7 Å². The lowest BCUT2D eigenvalue weighted by atomic mass is 10.1. The quantitative estimate of drug-likeness (QED) is 0.851. The number of benzene rings is 1. The topological polar surface area (TPSA) is 42.0 Å². The standard InChI is InChI=1S/C16H18N2OS/c1-3-13-7-9-14(10-8-13)18-16(19)12(2)20-15-6-4-5-11-17-15/h4-12H,3H2,1-2H3,(H,18,19)/t12-/m1/s1. The Morgan fingerprint density at radius 3 is 2.60 bits per heavy atom. The average Bonchev–Trinajstić information content (AvgIpc) is 2.49. The predicted octanol–water partition coefficient (Wildman–Crippen LogP) is 3.76. The van der Waals surface area contributed by atoms with Crippen LogP contribution in [0.25, 0.3) is 0 Å². The zero-order valence-electron chi connectivity index (χ0n) is 11.7. The van der Waals surface area contributed by atoms with E-state index >= 15 is 0 Å². The first-order valence-corrected chi connectivity index (χ1v) is 7.54. The molecule has 2 rings (SSSR count). The molecule has 1 heterocycles. The summed E-state index contributed by atoms with van der Waals surface area (Å²) in [5.41, 5.74) is 2.10. The summed E-state index contributed by atoms with van der Waals surface area (Å²) in [6.45, 7) is 3.99. The molecule has 2 aromatic rings. The molecule has 0 unspecified atom stereocenters. The lowest BCUT2D eigenvalue weighted by Crippen LogP contribution is -2.22. The molecule has 1 atom stereocenters. The van der Waals surface area contributed by atoms with Crippen molar-refractivity contribution in [2.75, 3.05) is 5.32 Å². The van der Waals surface area contributed by atoms with E-state index < -0.39 is 0 Å². The first kappa shape index (κ1) is 14.6. The van der Waals surface area contributed by atoms with Crippen molar-refractivity contribution in [3.63, 3.8) is 0 Å². The maximum atomic E-state index is 12.1. The molecule has 3 nitrogen and oxygen atoms in total. The van der Waals surface area contributed by atoms with Crippen LogP contribution >= 0.6 is 11.8 Å². The van der Waals surface area contributed by atoms with Gasteiger partial charge < -0.3 is 5.32 Å². The van der Waals surface area contributed by atoms with Gasteiger partial charge in [-0.3, -0.25) is 4.79 Å². The van der Waals surface area contributed by atoms with E-state index in [1.807, 2.05) is 49.4 Å². The molecule has 0 saturated heterocycles. The van der Waals surface area contributed by atoms with Gasteiger partial charge in [0.25, 0.3) is 0 Å². The molecule has 104 valence electrons. The summed E-state index contributed by atoms with van der Waals surface area (Å²) in [5, 5.41) is 3.60. The highest BCUT2D eigenvalue weighted by Crippen LogP contribution is 2.21. The van der Waals surface area contributed by atoms with E-state index in [1.165, 1.54) is 17.3 Å². The van der Waals surface area contributed by atoms with Crippen LogP contribution in [-0.4, -0.2) is 16.1 Å². The van der Waals surface area contributed by atoms with Crippen molar-refractivity contribution in [3.8, 4) is 0 Å². The zero-order chi connectivity index (χ0) is 14.4. The van der Waals surface area contributed by atoms with Crippen LogP contribution in [0.1, 0.15) is 19.4 Å². The molecule has 1 aromatic heterocycles. The predicted molar refractivity (Wildman–Crippen MR) is 84.0 cm³/mol. The molecule has 0 aliphatic heterocycles. The Morgan fingerprint density at radius 1 is 1.25 bits per heavy atom. The fourth-order valence-electron chi connectivity index (χ4n) is 1.72. The van der Waals surface area contributed by atoms with E-state index in [2.05, 4.69) is 17.2 Å². The number of nitrogens with one attached hydrogen (secondary N) is 1. The van der Waals surface area contributed by atoms with Gasteiger partial charge >= 0.3 is 0 Å². The Bertz CT molecular complexity index is 554. The fourth-order valence-corrected chi connectivity index (χ4v) is 2.53. The Hall–Kier alpha value is -1.81. The summed E-state index contributed by atoms with van der Waals surface area (Å²) in [4.78, 5) is 16.3. The van der Waals surface area contributed by atoms with Gasteiger partial charge in [-0.1, -0.05) is 36.9 Å². The summed E-state index contributed by atoms with van der Waals surface area (Å²) in [6, 6.07) is 13.6.